The first kappa shape index (κ1) is 12.7. The summed E-state index contributed by atoms with van der Waals surface area (Å²) in [5.41, 5.74) is 8.44. The topological polar surface area (TPSA) is 55.1 Å². The van der Waals surface area contributed by atoms with Gasteiger partial charge in [0.05, 0.1) is 5.92 Å². The summed E-state index contributed by atoms with van der Waals surface area (Å²) >= 11 is 0. The summed E-state index contributed by atoms with van der Waals surface area (Å²) in [6, 6.07) is 9.39. The Morgan fingerprint density at radius 1 is 1.11 bits per heavy atom. The predicted octanol–water partition coefficient (Wildman–Crippen LogP) is 1.79. The Labute approximate surface area is 114 Å². The lowest BCUT2D eigenvalue weighted by Crippen LogP contribution is -2.48. The molecule has 2 atom stereocenters. The van der Waals surface area contributed by atoms with Crippen LogP contribution >= 0.6 is 0 Å². The minimum Gasteiger partial charge on any atom is -0.369 e. The van der Waals surface area contributed by atoms with E-state index in [0.29, 0.717) is 6.04 Å². The molecule has 0 heterocycles. The van der Waals surface area contributed by atoms with E-state index in [1.807, 2.05) is 0 Å². The molecule has 1 fully saturated rings. The quantitative estimate of drug-likeness (QED) is 0.868. The van der Waals surface area contributed by atoms with Gasteiger partial charge < -0.3 is 11.1 Å². The van der Waals surface area contributed by atoms with Crippen LogP contribution < -0.4 is 11.1 Å². The summed E-state index contributed by atoms with van der Waals surface area (Å²) in [6.45, 7) is 0. The molecule has 1 aromatic carbocycles. The Balaban J connectivity index is 1.64. The molecule has 0 unspecified atom stereocenters. The average molecular weight is 258 g/mol. The van der Waals surface area contributed by atoms with Gasteiger partial charge in [-0.25, -0.2) is 0 Å². The van der Waals surface area contributed by atoms with Crippen LogP contribution in [0, 0.1) is 5.92 Å². The SMILES string of the molecule is NC(=O)[C@H]1CCCC[C@H]1NC1Cc2ccccc2C1. The molecule has 3 N–H and O–H groups in total. The third kappa shape index (κ3) is 2.66. The van der Waals surface area contributed by atoms with Crippen molar-refractivity contribution in [2.75, 3.05) is 0 Å². The Morgan fingerprint density at radius 3 is 2.37 bits per heavy atom. The van der Waals surface area contributed by atoms with E-state index in [1.165, 1.54) is 17.5 Å². The minimum atomic E-state index is -0.132. The van der Waals surface area contributed by atoms with Crippen molar-refractivity contribution in [2.45, 2.75) is 50.6 Å². The molecular weight excluding hydrogens is 236 g/mol. The molecule has 0 bridgehead atoms. The predicted molar refractivity (Wildman–Crippen MR) is 75.7 cm³/mol. The van der Waals surface area contributed by atoms with Gasteiger partial charge in [-0.3, -0.25) is 4.79 Å². The van der Waals surface area contributed by atoms with Gasteiger partial charge in [0.2, 0.25) is 5.91 Å². The summed E-state index contributed by atoms with van der Waals surface area (Å²) in [7, 11) is 0. The van der Waals surface area contributed by atoms with Gasteiger partial charge in [0, 0.05) is 12.1 Å². The largest absolute Gasteiger partial charge is 0.369 e. The summed E-state index contributed by atoms with van der Waals surface area (Å²) in [5, 5.41) is 3.70. The van der Waals surface area contributed by atoms with Gasteiger partial charge in [0.1, 0.15) is 0 Å². The molecule has 1 amide bonds. The number of nitrogens with one attached hydrogen (secondary N) is 1. The molecule has 1 saturated carbocycles. The normalized spacial score (nSPS) is 27.2. The van der Waals surface area contributed by atoms with Gasteiger partial charge in [0.25, 0.3) is 0 Å². The van der Waals surface area contributed by atoms with E-state index in [1.54, 1.807) is 0 Å². The van der Waals surface area contributed by atoms with Crippen molar-refractivity contribution >= 4 is 5.91 Å². The van der Waals surface area contributed by atoms with Crippen LogP contribution in [0.15, 0.2) is 24.3 Å². The maximum absolute atomic E-state index is 11.5. The number of rotatable bonds is 3. The van der Waals surface area contributed by atoms with Crippen molar-refractivity contribution < 1.29 is 4.79 Å². The van der Waals surface area contributed by atoms with E-state index < -0.39 is 0 Å². The molecule has 0 spiro atoms. The summed E-state index contributed by atoms with van der Waals surface area (Å²) in [4.78, 5) is 11.5. The van der Waals surface area contributed by atoms with Crippen LogP contribution in [0.1, 0.15) is 36.8 Å². The highest BCUT2D eigenvalue weighted by Gasteiger charge is 2.32. The van der Waals surface area contributed by atoms with Gasteiger partial charge in [-0.2, -0.15) is 0 Å². The molecule has 102 valence electrons. The highest BCUT2D eigenvalue weighted by atomic mass is 16.1. The van der Waals surface area contributed by atoms with Crippen LogP contribution in [0.2, 0.25) is 0 Å². The van der Waals surface area contributed by atoms with E-state index >= 15 is 0 Å². The summed E-state index contributed by atoms with van der Waals surface area (Å²) in [6.07, 6.45) is 6.54. The second-order valence-corrected chi connectivity index (χ2v) is 5.94. The average Bonchev–Trinajstić information content (AvgIpc) is 2.81. The third-order valence-corrected chi connectivity index (χ3v) is 4.63. The Bertz CT molecular complexity index is 447. The van der Waals surface area contributed by atoms with Gasteiger partial charge in [-0.05, 0) is 36.8 Å². The zero-order valence-corrected chi connectivity index (χ0v) is 11.3. The van der Waals surface area contributed by atoms with Crippen molar-refractivity contribution in [3.8, 4) is 0 Å². The van der Waals surface area contributed by atoms with E-state index in [0.717, 1.165) is 32.1 Å². The molecular formula is C16H22N2O. The Hall–Kier alpha value is -1.35. The molecule has 19 heavy (non-hydrogen) atoms. The van der Waals surface area contributed by atoms with Gasteiger partial charge >= 0.3 is 0 Å². The molecule has 0 aromatic heterocycles. The standard InChI is InChI=1S/C16H22N2O/c17-16(19)14-7-3-4-8-15(14)18-13-9-11-5-1-2-6-12(11)10-13/h1-2,5-6,13-15,18H,3-4,7-10H2,(H2,17,19)/t14-,15+/m0/s1. The lowest BCUT2D eigenvalue weighted by atomic mass is 9.83. The smallest absolute Gasteiger partial charge is 0.222 e. The van der Waals surface area contributed by atoms with Crippen molar-refractivity contribution in [1.82, 2.24) is 5.32 Å². The number of carbonyl (C=O) groups is 1. The number of primary amides is 1. The van der Waals surface area contributed by atoms with Crippen LogP contribution in [0.3, 0.4) is 0 Å². The van der Waals surface area contributed by atoms with Gasteiger partial charge in [-0.1, -0.05) is 37.1 Å². The first-order chi connectivity index (χ1) is 9.24. The van der Waals surface area contributed by atoms with E-state index in [2.05, 4.69) is 29.6 Å². The zero-order chi connectivity index (χ0) is 13.2. The summed E-state index contributed by atoms with van der Waals surface area (Å²) < 4.78 is 0. The fourth-order valence-corrected chi connectivity index (χ4v) is 3.65. The number of carbonyl (C=O) groups excluding carboxylic acids is 1. The Morgan fingerprint density at radius 2 is 1.74 bits per heavy atom. The van der Waals surface area contributed by atoms with Crippen molar-refractivity contribution in [1.29, 1.82) is 0 Å². The molecule has 3 rings (SSSR count). The van der Waals surface area contributed by atoms with E-state index in [-0.39, 0.29) is 17.9 Å². The summed E-state index contributed by atoms with van der Waals surface area (Å²) in [5.74, 6) is -0.106. The second-order valence-electron chi connectivity index (χ2n) is 5.94. The Kier molecular flexibility index (Phi) is 3.56. The molecule has 0 saturated heterocycles. The molecule has 0 aliphatic heterocycles. The van der Waals surface area contributed by atoms with Crippen molar-refractivity contribution in [3.63, 3.8) is 0 Å². The van der Waals surface area contributed by atoms with Gasteiger partial charge in [-0.15, -0.1) is 0 Å². The molecule has 3 nitrogen and oxygen atoms in total. The maximum Gasteiger partial charge on any atom is 0.222 e. The molecule has 2 aliphatic carbocycles. The van der Waals surface area contributed by atoms with Crippen LogP contribution in [0.25, 0.3) is 0 Å². The highest BCUT2D eigenvalue weighted by molar-refractivity contribution is 5.77. The molecule has 1 aromatic rings. The molecule has 0 radical (unpaired) electrons. The number of fused-ring (bicyclic) bond motifs is 1. The first-order valence-corrected chi connectivity index (χ1v) is 7.36. The van der Waals surface area contributed by atoms with Crippen molar-refractivity contribution in [3.05, 3.63) is 35.4 Å². The van der Waals surface area contributed by atoms with Crippen LogP contribution in [0.5, 0.6) is 0 Å². The lowest BCUT2D eigenvalue weighted by molar-refractivity contribution is -0.123. The van der Waals surface area contributed by atoms with Crippen LogP contribution in [0.4, 0.5) is 0 Å². The van der Waals surface area contributed by atoms with E-state index in [4.69, 9.17) is 5.73 Å². The monoisotopic (exact) mass is 258 g/mol. The fraction of sp³-hybridized carbons (Fsp3) is 0.562. The minimum absolute atomic E-state index is 0.0254. The fourth-order valence-electron chi connectivity index (χ4n) is 3.65. The zero-order valence-electron chi connectivity index (χ0n) is 11.3. The number of hydrogen-bond donors (Lipinski definition) is 2. The number of benzene rings is 1. The second kappa shape index (κ2) is 5.33. The maximum atomic E-state index is 11.5. The number of amides is 1. The third-order valence-electron chi connectivity index (χ3n) is 4.63. The highest BCUT2D eigenvalue weighted by Crippen LogP contribution is 2.27. The number of hydrogen-bond acceptors (Lipinski definition) is 2. The van der Waals surface area contributed by atoms with E-state index in [9.17, 15) is 4.79 Å². The first-order valence-electron chi connectivity index (χ1n) is 7.36. The van der Waals surface area contributed by atoms with Gasteiger partial charge in [0.15, 0.2) is 0 Å². The lowest BCUT2D eigenvalue weighted by Gasteiger charge is -2.32. The van der Waals surface area contributed by atoms with Crippen LogP contribution in [-0.2, 0) is 17.6 Å². The number of nitrogens with two attached hydrogens (primary N) is 1. The van der Waals surface area contributed by atoms with Crippen molar-refractivity contribution in [2.24, 2.45) is 11.7 Å². The molecule has 2 aliphatic rings. The van der Waals surface area contributed by atoms with Crippen LogP contribution in [-0.4, -0.2) is 18.0 Å². The molecule has 3 heteroatoms.